The zero-order chi connectivity index (χ0) is 13.7. The third-order valence-electron chi connectivity index (χ3n) is 4.28. The van der Waals surface area contributed by atoms with Crippen LogP contribution >= 0.6 is 0 Å². The van der Waals surface area contributed by atoms with Crippen LogP contribution < -0.4 is 11.1 Å². The summed E-state index contributed by atoms with van der Waals surface area (Å²) in [5, 5.41) is 9.70. The van der Waals surface area contributed by atoms with Crippen molar-refractivity contribution in [1.82, 2.24) is 15.5 Å². The van der Waals surface area contributed by atoms with E-state index in [4.69, 9.17) is 5.73 Å². The van der Waals surface area contributed by atoms with Crippen LogP contribution in [0, 0.1) is 5.41 Å². The standard InChI is InChI=1S/C14H24N4O/c1-11(12-8-16-17-9-12)18-13(19)7-14(10-15)5-3-2-4-6-14/h8-9,11H,2-7,10,15H2,1H3,(H,16,17)(H,18,19). The smallest absolute Gasteiger partial charge is 0.221 e. The highest BCUT2D eigenvalue weighted by atomic mass is 16.1. The van der Waals surface area contributed by atoms with Gasteiger partial charge < -0.3 is 11.1 Å². The zero-order valence-corrected chi connectivity index (χ0v) is 11.6. The first-order chi connectivity index (χ1) is 9.15. The molecule has 1 aliphatic rings. The molecule has 1 saturated carbocycles. The van der Waals surface area contributed by atoms with Crippen LogP contribution in [0.2, 0.25) is 0 Å². The van der Waals surface area contributed by atoms with Gasteiger partial charge in [-0.2, -0.15) is 5.10 Å². The lowest BCUT2D eigenvalue weighted by molar-refractivity contribution is -0.124. The van der Waals surface area contributed by atoms with Gasteiger partial charge in [-0.1, -0.05) is 19.3 Å². The van der Waals surface area contributed by atoms with Crippen LogP contribution in [0.4, 0.5) is 0 Å². The van der Waals surface area contributed by atoms with Crippen LogP contribution in [0.5, 0.6) is 0 Å². The number of nitrogens with two attached hydrogens (primary N) is 1. The number of aromatic amines is 1. The molecular weight excluding hydrogens is 240 g/mol. The summed E-state index contributed by atoms with van der Waals surface area (Å²) >= 11 is 0. The van der Waals surface area contributed by atoms with E-state index < -0.39 is 0 Å². The van der Waals surface area contributed by atoms with Gasteiger partial charge in [-0.05, 0) is 31.7 Å². The first-order valence-corrected chi connectivity index (χ1v) is 7.13. The van der Waals surface area contributed by atoms with Crippen LogP contribution in [0.25, 0.3) is 0 Å². The number of nitrogens with one attached hydrogen (secondary N) is 2. The summed E-state index contributed by atoms with van der Waals surface area (Å²) in [7, 11) is 0. The predicted octanol–water partition coefficient (Wildman–Crippen LogP) is 1.89. The van der Waals surface area contributed by atoms with Gasteiger partial charge in [0.15, 0.2) is 0 Å². The largest absolute Gasteiger partial charge is 0.349 e. The second-order valence-corrected chi connectivity index (χ2v) is 5.76. The van der Waals surface area contributed by atoms with E-state index in [0.717, 1.165) is 18.4 Å². The van der Waals surface area contributed by atoms with Gasteiger partial charge in [-0.3, -0.25) is 9.89 Å². The molecule has 1 amide bonds. The summed E-state index contributed by atoms with van der Waals surface area (Å²) < 4.78 is 0. The summed E-state index contributed by atoms with van der Waals surface area (Å²) in [6.07, 6.45) is 9.92. The Morgan fingerprint density at radius 2 is 2.26 bits per heavy atom. The molecule has 0 bridgehead atoms. The van der Waals surface area contributed by atoms with Crippen molar-refractivity contribution < 1.29 is 4.79 Å². The fraction of sp³-hybridized carbons (Fsp3) is 0.714. The van der Waals surface area contributed by atoms with Crippen LogP contribution in [-0.4, -0.2) is 22.6 Å². The van der Waals surface area contributed by atoms with Crippen molar-refractivity contribution in [3.05, 3.63) is 18.0 Å². The highest BCUT2D eigenvalue weighted by Crippen LogP contribution is 2.38. The first kappa shape index (κ1) is 14.1. The maximum absolute atomic E-state index is 12.2. The molecule has 0 spiro atoms. The summed E-state index contributed by atoms with van der Waals surface area (Å²) in [6.45, 7) is 2.58. The molecule has 1 unspecified atom stereocenters. The molecule has 1 fully saturated rings. The normalized spacial score (nSPS) is 19.9. The van der Waals surface area contributed by atoms with E-state index in [2.05, 4.69) is 15.5 Å². The minimum Gasteiger partial charge on any atom is -0.349 e. The van der Waals surface area contributed by atoms with Crippen molar-refractivity contribution in [2.75, 3.05) is 6.54 Å². The molecule has 1 heterocycles. The van der Waals surface area contributed by atoms with E-state index >= 15 is 0 Å². The molecule has 106 valence electrons. The Kier molecular flexibility index (Phi) is 4.58. The minimum atomic E-state index is -0.00957. The maximum Gasteiger partial charge on any atom is 0.221 e. The molecule has 1 aromatic rings. The van der Waals surface area contributed by atoms with Crippen molar-refractivity contribution in [2.45, 2.75) is 51.5 Å². The Balaban J connectivity index is 1.89. The molecule has 2 rings (SSSR count). The molecule has 0 radical (unpaired) electrons. The van der Waals surface area contributed by atoms with Gasteiger partial charge in [0.2, 0.25) is 5.91 Å². The molecule has 1 aromatic heterocycles. The number of aromatic nitrogens is 2. The highest BCUT2D eigenvalue weighted by Gasteiger charge is 2.33. The fourth-order valence-corrected chi connectivity index (χ4v) is 2.97. The number of nitrogens with zero attached hydrogens (tertiary/aromatic N) is 1. The van der Waals surface area contributed by atoms with Gasteiger partial charge in [-0.15, -0.1) is 0 Å². The van der Waals surface area contributed by atoms with Crippen molar-refractivity contribution in [3.8, 4) is 0 Å². The third kappa shape index (κ3) is 3.56. The van der Waals surface area contributed by atoms with Crippen LogP contribution in [0.3, 0.4) is 0 Å². The van der Waals surface area contributed by atoms with E-state index in [-0.39, 0.29) is 17.4 Å². The zero-order valence-electron chi connectivity index (χ0n) is 11.6. The Labute approximate surface area is 114 Å². The average molecular weight is 264 g/mol. The molecule has 5 nitrogen and oxygen atoms in total. The van der Waals surface area contributed by atoms with E-state index in [0.29, 0.717) is 13.0 Å². The quantitative estimate of drug-likeness (QED) is 0.759. The molecule has 0 saturated heterocycles. The summed E-state index contributed by atoms with van der Waals surface area (Å²) in [6, 6.07) is -0.00957. The third-order valence-corrected chi connectivity index (χ3v) is 4.28. The van der Waals surface area contributed by atoms with Crippen molar-refractivity contribution in [2.24, 2.45) is 11.1 Å². The Bertz CT molecular complexity index is 396. The molecule has 1 aliphatic carbocycles. The number of carbonyl (C=O) groups is 1. The number of hydrogen-bond donors (Lipinski definition) is 3. The fourth-order valence-electron chi connectivity index (χ4n) is 2.97. The van der Waals surface area contributed by atoms with Gasteiger partial charge in [0.1, 0.15) is 0 Å². The van der Waals surface area contributed by atoms with E-state index in [9.17, 15) is 4.79 Å². The Morgan fingerprint density at radius 3 is 2.84 bits per heavy atom. The van der Waals surface area contributed by atoms with E-state index in [1.54, 1.807) is 6.20 Å². The number of hydrogen-bond acceptors (Lipinski definition) is 3. The van der Waals surface area contributed by atoms with Crippen molar-refractivity contribution in [1.29, 1.82) is 0 Å². The first-order valence-electron chi connectivity index (χ1n) is 7.13. The number of H-pyrrole nitrogens is 1. The molecule has 19 heavy (non-hydrogen) atoms. The number of rotatable bonds is 5. The maximum atomic E-state index is 12.2. The van der Waals surface area contributed by atoms with Crippen LogP contribution in [0.1, 0.15) is 57.1 Å². The van der Waals surface area contributed by atoms with E-state index in [1.165, 1.54) is 19.3 Å². The summed E-state index contributed by atoms with van der Waals surface area (Å²) in [5.41, 5.74) is 6.94. The monoisotopic (exact) mass is 264 g/mol. The highest BCUT2D eigenvalue weighted by molar-refractivity contribution is 5.77. The summed E-state index contributed by atoms with van der Waals surface area (Å²) in [4.78, 5) is 12.2. The van der Waals surface area contributed by atoms with Gasteiger partial charge in [0.25, 0.3) is 0 Å². The lowest BCUT2D eigenvalue weighted by Crippen LogP contribution is -2.39. The predicted molar refractivity (Wildman–Crippen MR) is 74.3 cm³/mol. The van der Waals surface area contributed by atoms with Gasteiger partial charge in [0, 0.05) is 18.2 Å². The molecule has 1 atom stereocenters. The van der Waals surface area contributed by atoms with Gasteiger partial charge in [-0.25, -0.2) is 0 Å². The minimum absolute atomic E-state index is 0.00957. The number of carbonyl (C=O) groups excluding carboxylic acids is 1. The molecular formula is C14H24N4O. The molecule has 5 heteroatoms. The molecule has 4 N–H and O–H groups in total. The number of amides is 1. The van der Waals surface area contributed by atoms with Crippen LogP contribution in [0.15, 0.2) is 12.4 Å². The second kappa shape index (κ2) is 6.19. The second-order valence-electron chi connectivity index (χ2n) is 5.76. The van der Waals surface area contributed by atoms with Crippen molar-refractivity contribution >= 4 is 5.91 Å². The van der Waals surface area contributed by atoms with Gasteiger partial charge in [0.05, 0.1) is 12.2 Å². The molecule has 0 aromatic carbocycles. The Morgan fingerprint density at radius 1 is 1.53 bits per heavy atom. The SMILES string of the molecule is CC(NC(=O)CC1(CN)CCCCC1)c1cn[nH]c1. The lowest BCUT2D eigenvalue weighted by Gasteiger charge is -2.35. The van der Waals surface area contributed by atoms with Crippen molar-refractivity contribution in [3.63, 3.8) is 0 Å². The topological polar surface area (TPSA) is 83.8 Å². The average Bonchev–Trinajstić information content (AvgIpc) is 2.93. The van der Waals surface area contributed by atoms with E-state index in [1.807, 2.05) is 13.1 Å². The Hall–Kier alpha value is -1.36. The van der Waals surface area contributed by atoms with Crippen LogP contribution in [-0.2, 0) is 4.79 Å². The summed E-state index contributed by atoms with van der Waals surface area (Å²) in [5.74, 6) is 0.0982. The molecule has 0 aliphatic heterocycles. The lowest BCUT2D eigenvalue weighted by atomic mass is 9.71. The van der Waals surface area contributed by atoms with Gasteiger partial charge >= 0.3 is 0 Å².